The molecule has 112 valence electrons. The molecular formula is C15H20N4O2. The molecule has 1 aliphatic rings. The van der Waals surface area contributed by atoms with E-state index in [1.54, 1.807) is 0 Å². The molecule has 0 atom stereocenters. The molecule has 1 aromatic carbocycles. The zero-order chi connectivity index (χ0) is 14.7. The Kier molecular flexibility index (Phi) is 4.06. The monoisotopic (exact) mass is 288 g/mol. The molecule has 6 heteroatoms. The zero-order valence-corrected chi connectivity index (χ0v) is 12.2. The van der Waals surface area contributed by atoms with E-state index in [2.05, 4.69) is 10.3 Å². The molecule has 0 aliphatic carbocycles. The van der Waals surface area contributed by atoms with E-state index in [0.717, 1.165) is 17.0 Å². The van der Waals surface area contributed by atoms with Gasteiger partial charge in [-0.2, -0.15) is 0 Å². The molecule has 1 saturated heterocycles. The van der Waals surface area contributed by atoms with E-state index in [1.165, 1.54) is 0 Å². The van der Waals surface area contributed by atoms with Gasteiger partial charge in [-0.15, -0.1) is 0 Å². The molecule has 21 heavy (non-hydrogen) atoms. The third kappa shape index (κ3) is 3.00. The van der Waals surface area contributed by atoms with Crippen LogP contribution in [0.1, 0.15) is 6.42 Å². The summed E-state index contributed by atoms with van der Waals surface area (Å²) in [5.74, 6) is 0.968. The first-order chi connectivity index (χ1) is 10.3. The number of nitrogens with one attached hydrogen (secondary N) is 1. The fraction of sp³-hybridized carbons (Fsp3) is 0.467. The van der Waals surface area contributed by atoms with Gasteiger partial charge in [0.25, 0.3) is 0 Å². The van der Waals surface area contributed by atoms with Gasteiger partial charge in [-0.1, -0.05) is 12.1 Å². The molecule has 2 heterocycles. The van der Waals surface area contributed by atoms with E-state index in [9.17, 15) is 4.79 Å². The summed E-state index contributed by atoms with van der Waals surface area (Å²) in [5, 5.41) is 3.25. The average Bonchev–Trinajstić information content (AvgIpc) is 2.85. The summed E-state index contributed by atoms with van der Waals surface area (Å²) in [6, 6.07) is 7.99. The van der Waals surface area contributed by atoms with Gasteiger partial charge >= 0.3 is 0 Å². The maximum absolute atomic E-state index is 12.0. The Morgan fingerprint density at radius 2 is 2.10 bits per heavy atom. The maximum atomic E-state index is 12.0. The summed E-state index contributed by atoms with van der Waals surface area (Å²) in [6.45, 7) is 3.28. The number of anilines is 1. The Morgan fingerprint density at radius 1 is 1.33 bits per heavy atom. The lowest BCUT2D eigenvalue weighted by Crippen LogP contribution is -2.41. The van der Waals surface area contributed by atoms with Crippen molar-refractivity contribution in [2.75, 3.05) is 38.2 Å². The Labute approximate surface area is 123 Å². The molecule has 0 unspecified atom stereocenters. The first-order valence-corrected chi connectivity index (χ1v) is 7.26. The van der Waals surface area contributed by atoms with Crippen molar-refractivity contribution >= 4 is 22.9 Å². The Bertz CT molecular complexity index is 632. The number of carbonyl (C=O) groups excluding carboxylic acids is 1. The molecular weight excluding hydrogens is 268 g/mol. The number of para-hydroxylation sites is 2. The number of nitrogens with zero attached hydrogens (tertiary/aromatic N) is 3. The quantitative estimate of drug-likeness (QED) is 0.919. The SMILES string of the molecule is Cn1c(NCCC(=O)N2CCOCC2)nc2ccccc21. The van der Waals surface area contributed by atoms with E-state index in [0.29, 0.717) is 39.3 Å². The first kappa shape index (κ1) is 13.9. The number of imidazole rings is 1. The topological polar surface area (TPSA) is 59.4 Å². The third-order valence-corrected chi connectivity index (χ3v) is 3.77. The second-order valence-electron chi connectivity index (χ2n) is 5.15. The fourth-order valence-electron chi connectivity index (χ4n) is 2.56. The lowest BCUT2D eigenvalue weighted by Gasteiger charge is -2.26. The van der Waals surface area contributed by atoms with Crippen molar-refractivity contribution in [2.45, 2.75) is 6.42 Å². The highest BCUT2D eigenvalue weighted by Gasteiger charge is 2.16. The largest absolute Gasteiger partial charge is 0.378 e. The minimum absolute atomic E-state index is 0.171. The van der Waals surface area contributed by atoms with E-state index < -0.39 is 0 Å². The predicted molar refractivity (Wildman–Crippen MR) is 81.2 cm³/mol. The predicted octanol–water partition coefficient (Wildman–Crippen LogP) is 1.23. The van der Waals surface area contributed by atoms with Gasteiger partial charge in [-0.05, 0) is 12.1 Å². The van der Waals surface area contributed by atoms with Gasteiger partial charge in [0.1, 0.15) is 0 Å². The molecule has 0 radical (unpaired) electrons. The van der Waals surface area contributed by atoms with Crippen molar-refractivity contribution in [1.82, 2.24) is 14.5 Å². The number of amides is 1. The second kappa shape index (κ2) is 6.13. The van der Waals surface area contributed by atoms with Crippen molar-refractivity contribution in [3.63, 3.8) is 0 Å². The summed E-state index contributed by atoms with van der Waals surface area (Å²) < 4.78 is 7.26. The van der Waals surface area contributed by atoms with Gasteiger partial charge in [0, 0.05) is 33.1 Å². The number of rotatable bonds is 4. The van der Waals surface area contributed by atoms with Crippen LogP contribution in [0.3, 0.4) is 0 Å². The molecule has 1 amide bonds. The smallest absolute Gasteiger partial charge is 0.224 e. The minimum Gasteiger partial charge on any atom is -0.378 e. The van der Waals surface area contributed by atoms with Crippen molar-refractivity contribution < 1.29 is 9.53 Å². The summed E-state index contributed by atoms with van der Waals surface area (Å²) >= 11 is 0. The highest BCUT2D eigenvalue weighted by Crippen LogP contribution is 2.17. The Morgan fingerprint density at radius 3 is 2.86 bits per heavy atom. The Hall–Kier alpha value is -2.08. The van der Waals surface area contributed by atoms with Gasteiger partial charge in [0.15, 0.2) is 0 Å². The number of morpholine rings is 1. The van der Waals surface area contributed by atoms with Crippen LogP contribution < -0.4 is 5.32 Å². The van der Waals surface area contributed by atoms with Gasteiger partial charge in [-0.25, -0.2) is 4.98 Å². The second-order valence-corrected chi connectivity index (χ2v) is 5.15. The van der Waals surface area contributed by atoms with Crippen LogP contribution >= 0.6 is 0 Å². The fourth-order valence-corrected chi connectivity index (χ4v) is 2.56. The number of hydrogen-bond acceptors (Lipinski definition) is 4. The molecule has 0 spiro atoms. The van der Waals surface area contributed by atoms with E-state index in [4.69, 9.17) is 4.74 Å². The van der Waals surface area contributed by atoms with Crippen LogP contribution in [0.25, 0.3) is 11.0 Å². The Balaban J connectivity index is 1.56. The number of benzene rings is 1. The highest BCUT2D eigenvalue weighted by molar-refractivity contribution is 5.79. The zero-order valence-electron chi connectivity index (χ0n) is 12.2. The molecule has 6 nitrogen and oxygen atoms in total. The molecule has 1 fully saturated rings. The number of aromatic nitrogens is 2. The van der Waals surface area contributed by atoms with E-state index in [-0.39, 0.29) is 5.91 Å². The summed E-state index contributed by atoms with van der Waals surface area (Å²) in [7, 11) is 1.97. The molecule has 1 N–H and O–H groups in total. The minimum atomic E-state index is 0.171. The van der Waals surface area contributed by atoms with Crippen LogP contribution in [0.2, 0.25) is 0 Å². The van der Waals surface area contributed by atoms with E-state index in [1.807, 2.05) is 40.8 Å². The maximum Gasteiger partial charge on any atom is 0.224 e. The average molecular weight is 288 g/mol. The summed E-state index contributed by atoms with van der Waals surface area (Å²) in [5.41, 5.74) is 2.04. The van der Waals surface area contributed by atoms with Crippen LogP contribution in [0.4, 0.5) is 5.95 Å². The van der Waals surface area contributed by atoms with Crippen molar-refractivity contribution in [1.29, 1.82) is 0 Å². The van der Waals surface area contributed by atoms with Gasteiger partial charge in [0.2, 0.25) is 11.9 Å². The normalized spacial score (nSPS) is 15.4. The molecule has 1 aliphatic heterocycles. The molecule has 3 rings (SSSR count). The van der Waals surface area contributed by atoms with Gasteiger partial charge in [0.05, 0.1) is 24.2 Å². The van der Waals surface area contributed by atoms with E-state index >= 15 is 0 Å². The standard InChI is InChI=1S/C15H20N4O2/c1-18-13-5-3-2-4-12(13)17-15(18)16-7-6-14(20)19-8-10-21-11-9-19/h2-5H,6-11H2,1H3,(H,16,17). The van der Waals surface area contributed by atoms with Crippen molar-refractivity contribution in [3.8, 4) is 0 Å². The van der Waals surface area contributed by atoms with Crippen molar-refractivity contribution in [3.05, 3.63) is 24.3 Å². The van der Waals surface area contributed by atoms with Gasteiger partial charge in [-0.3, -0.25) is 4.79 Å². The van der Waals surface area contributed by atoms with Crippen LogP contribution in [0.5, 0.6) is 0 Å². The van der Waals surface area contributed by atoms with Crippen molar-refractivity contribution in [2.24, 2.45) is 7.05 Å². The van der Waals surface area contributed by atoms with Crippen LogP contribution in [-0.4, -0.2) is 53.2 Å². The number of aryl methyl sites for hydroxylation is 1. The van der Waals surface area contributed by atoms with Crippen LogP contribution in [-0.2, 0) is 16.6 Å². The molecule has 1 aromatic heterocycles. The number of ether oxygens (including phenoxy) is 1. The number of carbonyl (C=O) groups is 1. The third-order valence-electron chi connectivity index (χ3n) is 3.77. The summed E-state index contributed by atoms with van der Waals surface area (Å²) in [4.78, 5) is 18.4. The van der Waals surface area contributed by atoms with Gasteiger partial charge < -0.3 is 19.5 Å². The number of hydrogen-bond donors (Lipinski definition) is 1. The summed E-state index contributed by atoms with van der Waals surface area (Å²) in [6.07, 6.45) is 0.475. The highest BCUT2D eigenvalue weighted by atomic mass is 16.5. The molecule has 2 aromatic rings. The lowest BCUT2D eigenvalue weighted by molar-refractivity contribution is -0.134. The molecule has 0 saturated carbocycles. The molecule has 0 bridgehead atoms. The lowest BCUT2D eigenvalue weighted by atomic mass is 10.3. The van der Waals surface area contributed by atoms with Crippen LogP contribution in [0, 0.1) is 0 Å². The number of fused-ring (bicyclic) bond motifs is 1. The van der Waals surface area contributed by atoms with Crippen LogP contribution in [0.15, 0.2) is 24.3 Å². The first-order valence-electron chi connectivity index (χ1n) is 7.26.